The van der Waals surface area contributed by atoms with E-state index in [4.69, 9.17) is 11.6 Å². The average Bonchev–Trinajstić information content (AvgIpc) is 3.45. The first-order valence-corrected chi connectivity index (χ1v) is 10.1. The lowest BCUT2D eigenvalue weighted by atomic mass is 10.2. The van der Waals surface area contributed by atoms with Crippen LogP contribution < -0.4 is 5.32 Å². The van der Waals surface area contributed by atoms with Gasteiger partial charge in [0.15, 0.2) is 11.0 Å². The number of amides is 1. The zero-order valence-corrected chi connectivity index (χ0v) is 16.1. The van der Waals surface area contributed by atoms with Gasteiger partial charge in [-0.25, -0.2) is 0 Å². The molecule has 1 aliphatic rings. The van der Waals surface area contributed by atoms with Crippen molar-refractivity contribution in [2.45, 2.75) is 30.6 Å². The van der Waals surface area contributed by atoms with E-state index in [1.807, 2.05) is 36.4 Å². The summed E-state index contributed by atoms with van der Waals surface area (Å²) in [5, 5.41) is 13.0. The van der Waals surface area contributed by atoms with Crippen molar-refractivity contribution in [2.24, 2.45) is 0 Å². The van der Waals surface area contributed by atoms with E-state index in [9.17, 15) is 4.79 Å². The van der Waals surface area contributed by atoms with E-state index in [-0.39, 0.29) is 5.91 Å². The molecular formula is C19H18ClN5OS. The molecule has 0 aliphatic heterocycles. The maximum absolute atomic E-state index is 12.2. The minimum Gasteiger partial charge on any atom is -0.351 e. The molecule has 8 heteroatoms. The van der Waals surface area contributed by atoms with Crippen molar-refractivity contribution >= 4 is 29.3 Å². The normalized spacial score (nSPS) is 13.5. The highest BCUT2D eigenvalue weighted by molar-refractivity contribution is 7.99. The second-order valence-corrected chi connectivity index (χ2v) is 7.72. The number of benzene rings is 1. The number of halogens is 1. The smallest absolute Gasteiger partial charge is 0.230 e. The fourth-order valence-electron chi connectivity index (χ4n) is 2.71. The van der Waals surface area contributed by atoms with E-state index in [0.29, 0.717) is 23.4 Å². The third-order valence-electron chi connectivity index (χ3n) is 4.23. The second-order valence-electron chi connectivity index (χ2n) is 6.34. The maximum atomic E-state index is 12.2. The van der Waals surface area contributed by atoms with Gasteiger partial charge in [-0.3, -0.25) is 14.3 Å². The molecule has 138 valence electrons. The van der Waals surface area contributed by atoms with Crippen molar-refractivity contribution in [2.75, 3.05) is 5.75 Å². The van der Waals surface area contributed by atoms with Gasteiger partial charge < -0.3 is 5.32 Å². The Morgan fingerprint density at radius 3 is 2.74 bits per heavy atom. The molecule has 4 rings (SSSR count). The van der Waals surface area contributed by atoms with Crippen molar-refractivity contribution in [1.82, 2.24) is 25.1 Å². The van der Waals surface area contributed by atoms with Crippen molar-refractivity contribution in [3.8, 4) is 11.4 Å². The van der Waals surface area contributed by atoms with E-state index in [0.717, 1.165) is 34.9 Å². The lowest BCUT2D eigenvalue weighted by Crippen LogP contribution is -2.24. The number of thioether (sulfide) groups is 1. The van der Waals surface area contributed by atoms with Crippen LogP contribution in [0.15, 0.2) is 53.9 Å². The van der Waals surface area contributed by atoms with Crippen LogP contribution in [0, 0.1) is 0 Å². The van der Waals surface area contributed by atoms with Gasteiger partial charge in [-0.2, -0.15) is 0 Å². The van der Waals surface area contributed by atoms with Crippen LogP contribution in [0.25, 0.3) is 11.4 Å². The summed E-state index contributed by atoms with van der Waals surface area (Å²) in [4.78, 5) is 16.4. The van der Waals surface area contributed by atoms with Crippen molar-refractivity contribution < 1.29 is 4.79 Å². The van der Waals surface area contributed by atoms with Crippen LogP contribution in [0.1, 0.15) is 24.4 Å². The molecule has 1 aliphatic carbocycles. The third kappa shape index (κ3) is 4.48. The highest BCUT2D eigenvalue weighted by atomic mass is 35.5. The van der Waals surface area contributed by atoms with Crippen LogP contribution in [-0.2, 0) is 11.3 Å². The summed E-state index contributed by atoms with van der Waals surface area (Å²) in [5.74, 6) is 1.07. The number of pyridine rings is 1. The molecule has 1 fully saturated rings. The molecule has 1 saturated carbocycles. The first kappa shape index (κ1) is 18.0. The molecule has 1 N–H and O–H groups in total. The summed E-state index contributed by atoms with van der Waals surface area (Å²) in [7, 11) is 0. The molecule has 0 spiro atoms. The van der Waals surface area contributed by atoms with Crippen LogP contribution in [0.3, 0.4) is 0 Å². The third-order valence-corrected chi connectivity index (χ3v) is 5.43. The van der Waals surface area contributed by atoms with Gasteiger partial charge >= 0.3 is 0 Å². The molecule has 0 radical (unpaired) electrons. The Bertz CT molecular complexity index is 925. The highest BCUT2D eigenvalue weighted by Crippen LogP contribution is 2.40. The van der Waals surface area contributed by atoms with E-state index in [2.05, 4.69) is 25.1 Å². The molecule has 0 saturated heterocycles. The first-order valence-electron chi connectivity index (χ1n) is 8.70. The minimum absolute atomic E-state index is 0.0387. The van der Waals surface area contributed by atoms with Gasteiger partial charge in [0, 0.05) is 35.6 Å². The molecule has 6 nitrogen and oxygen atoms in total. The van der Waals surface area contributed by atoms with Gasteiger partial charge in [0.2, 0.25) is 5.91 Å². The largest absolute Gasteiger partial charge is 0.351 e. The topological polar surface area (TPSA) is 72.7 Å². The summed E-state index contributed by atoms with van der Waals surface area (Å²) in [6.07, 6.45) is 5.75. The maximum Gasteiger partial charge on any atom is 0.230 e. The lowest BCUT2D eigenvalue weighted by Gasteiger charge is -2.09. The molecule has 0 bridgehead atoms. The number of hydrogen-bond acceptors (Lipinski definition) is 5. The molecule has 3 aromatic rings. The average molecular weight is 400 g/mol. The van der Waals surface area contributed by atoms with Gasteiger partial charge in [-0.1, -0.05) is 35.5 Å². The lowest BCUT2D eigenvalue weighted by molar-refractivity contribution is -0.118. The summed E-state index contributed by atoms with van der Waals surface area (Å²) < 4.78 is 2.13. The number of carbonyl (C=O) groups excluding carboxylic acids is 1. The van der Waals surface area contributed by atoms with Crippen LogP contribution in [0.4, 0.5) is 0 Å². The Kier molecular flexibility index (Phi) is 5.40. The summed E-state index contributed by atoms with van der Waals surface area (Å²) in [6, 6.07) is 11.7. The SMILES string of the molecule is O=C(CSc1nnc(-c2cccnc2)n1C1CC1)NCc1ccc(Cl)cc1. The van der Waals surface area contributed by atoms with Crippen molar-refractivity contribution in [1.29, 1.82) is 0 Å². The van der Waals surface area contributed by atoms with Gasteiger partial charge in [0.1, 0.15) is 0 Å². The Balaban J connectivity index is 1.39. The van der Waals surface area contributed by atoms with Gasteiger partial charge in [0.25, 0.3) is 0 Å². The minimum atomic E-state index is -0.0387. The molecule has 2 aromatic heterocycles. The monoisotopic (exact) mass is 399 g/mol. The molecule has 0 unspecified atom stereocenters. The van der Waals surface area contributed by atoms with E-state index in [1.165, 1.54) is 11.8 Å². The Morgan fingerprint density at radius 2 is 2.04 bits per heavy atom. The quantitative estimate of drug-likeness (QED) is 0.613. The predicted molar refractivity (Wildman–Crippen MR) is 106 cm³/mol. The number of rotatable bonds is 7. The number of hydrogen-bond donors (Lipinski definition) is 1. The number of carbonyl (C=O) groups is 1. The second kappa shape index (κ2) is 8.10. The van der Waals surface area contributed by atoms with Crippen molar-refractivity contribution in [3.63, 3.8) is 0 Å². The van der Waals surface area contributed by atoms with E-state index >= 15 is 0 Å². The van der Waals surface area contributed by atoms with Crippen LogP contribution in [0.5, 0.6) is 0 Å². The van der Waals surface area contributed by atoms with Gasteiger partial charge in [0.05, 0.1) is 5.75 Å². The number of aromatic nitrogens is 4. The molecular weight excluding hydrogens is 382 g/mol. The van der Waals surface area contributed by atoms with Crippen molar-refractivity contribution in [3.05, 3.63) is 59.4 Å². The molecule has 1 amide bonds. The zero-order chi connectivity index (χ0) is 18.6. The molecule has 27 heavy (non-hydrogen) atoms. The zero-order valence-electron chi connectivity index (χ0n) is 14.5. The van der Waals surface area contributed by atoms with Crippen LogP contribution >= 0.6 is 23.4 Å². The molecule has 2 heterocycles. The predicted octanol–water partition coefficient (Wildman–Crippen LogP) is 3.74. The van der Waals surface area contributed by atoms with Crippen LogP contribution in [0.2, 0.25) is 5.02 Å². The molecule has 1 aromatic carbocycles. The fourth-order valence-corrected chi connectivity index (χ4v) is 3.67. The molecule has 0 atom stereocenters. The van der Waals surface area contributed by atoms with E-state index < -0.39 is 0 Å². The van der Waals surface area contributed by atoms with E-state index in [1.54, 1.807) is 12.4 Å². The van der Waals surface area contributed by atoms with Gasteiger partial charge in [-0.05, 0) is 42.7 Å². The number of nitrogens with one attached hydrogen (secondary N) is 1. The standard InChI is InChI=1S/C19H18ClN5OS/c20-15-5-3-13(4-6-15)10-22-17(26)12-27-19-24-23-18(25(19)16-7-8-16)14-2-1-9-21-11-14/h1-6,9,11,16H,7-8,10,12H2,(H,22,26). The Hall–Kier alpha value is -2.38. The van der Waals surface area contributed by atoms with Gasteiger partial charge in [-0.15, -0.1) is 10.2 Å². The summed E-state index contributed by atoms with van der Waals surface area (Å²) in [6.45, 7) is 0.479. The fraction of sp³-hybridized carbons (Fsp3) is 0.263. The van der Waals surface area contributed by atoms with Crippen LogP contribution in [-0.4, -0.2) is 31.4 Å². The number of nitrogens with zero attached hydrogens (tertiary/aromatic N) is 4. The Morgan fingerprint density at radius 1 is 1.22 bits per heavy atom. The Labute approximate surface area is 166 Å². The summed E-state index contributed by atoms with van der Waals surface area (Å²) >= 11 is 7.29. The first-order chi connectivity index (χ1) is 13.2. The summed E-state index contributed by atoms with van der Waals surface area (Å²) in [5.41, 5.74) is 1.95. The highest BCUT2D eigenvalue weighted by Gasteiger charge is 2.30.